The van der Waals surface area contributed by atoms with Gasteiger partial charge in [-0.15, -0.1) is 0 Å². The molecule has 0 radical (unpaired) electrons. The second-order valence-electron chi connectivity index (χ2n) is 5.93. The number of aromatic nitrogens is 2. The third-order valence-corrected chi connectivity index (χ3v) is 4.13. The number of nitrogens with one attached hydrogen (secondary N) is 1. The van der Waals surface area contributed by atoms with Crippen LogP contribution in [0, 0.1) is 13.8 Å². The first-order valence-corrected chi connectivity index (χ1v) is 8.16. The predicted octanol–water partition coefficient (Wildman–Crippen LogP) is 3.78. The SMILES string of the molecule is Cc1nc(NCc2ccccc2-c2ccccc2O)nc(C)c1C(=O)O. The third kappa shape index (κ3) is 3.49. The Balaban J connectivity index is 1.88. The summed E-state index contributed by atoms with van der Waals surface area (Å²) in [4.78, 5) is 19.7. The van der Waals surface area contributed by atoms with Crippen LogP contribution in [0.3, 0.4) is 0 Å². The number of benzene rings is 2. The summed E-state index contributed by atoms with van der Waals surface area (Å²) in [5, 5.41) is 22.5. The number of aromatic hydroxyl groups is 1. The van der Waals surface area contributed by atoms with Gasteiger partial charge < -0.3 is 15.5 Å². The van der Waals surface area contributed by atoms with Crippen LogP contribution < -0.4 is 5.32 Å². The van der Waals surface area contributed by atoms with Gasteiger partial charge in [0, 0.05) is 12.1 Å². The van der Waals surface area contributed by atoms with E-state index in [-0.39, 0.29) is 11.3 Å². The highest BCUT2D eigenvalue weighted by atomic mass is 16.4. The number of phenols is 1. The van der Waals surface area contributed by atoms with Crippen molar-refractivity contribution in [3.63, 3.8) is 0 Å². The Morgan fingerprint density at radius 3 is 2.15 bits per heavy atom. The summed E-state index contributed by atoms with van der Waals surface area (Å²) >= 11 is 0. The number of rotatable bonds is 5. The van der Waals surface area contributed by atoms with Crippen molar-refractivity contribution < 1.29 is 15.0 Å². The summed E-state index contributed by atoms with van der Waals surface area (Å²) in [6.45, 7) is 3.74. The van der Waals surface area contributed by atoms with Gasteiger partial charge in [0.15, 0.2) is 0 Å². The first-order valence-electron chi connectivity index (χ1n) is 8.16. The summed E-state index contributed by atoms with van der Waals surface area (Å²) in [6, 6.07) is 14.9. The summed E-state index contributed by atoms with van der Waals surface area (Å²) < 4.78 is 0. The summed E-state index contributed by atoms with van der Waals surface area (Å²) in [5.74, 6) is -0.442. The van der Waals surface area contributed by atoms with Crippen LogP contribution in [0.5, 0.6) is 5.75 Å². The van der Waals surface area contributed by atoms with E-state index in [0.29, 0.717) is 23.9 Å². The zero-order valence-corrected chi connectivity index (χ0v) is 14.5. The smallest absolute Gasteiger partial charge is 0.339 e. The van der Waals surface area contributed by atoms with Gasteiger partial charge in [-0.3, -0.25) is 0 Å². The van der Waals surface area contributed by atoms with Crippen LogP contribution in [0.2, 0.25) is 0 Å². The van der Waals surface area contributed by atoms with Crippen LogP contribution in [0.1, 0.15) is 27.3 Å². The van der Waals surface area contributed by atoms with Gasteiger partial charge in [0.2, 0.25) is 5.95 Å². The fourth-order valence-corrected chi connectivity index (χ4v) is 2.92. The molecule has 3 rings (SSSR count). The molecule has 0 fully saturated rings. The lowest BCUT2D eigenvalue weighted by atomic mass is 9.99. The predicted molar refractivity (Wildman–Crippen MR) is 99.3 cm³/mol. The molecule has 0 aliphatic rings. The van der Waals surface area contributed by atoms with E-state index in [2.05, 4.69) is 15.3 Å². The number of hydrogen-bond donors (Lipinski definition) is 3. The van der Waals surface area contributed by atoms with Crippen molar-refractivity contribution in [3.8, 4) is 16.9 Å². The number of carboxylic acid groups (broad SMARTS) is 1. The van der Waals surface area contributed by atoms with Crippen molar-refractivity contribution in [2.45, 2.75) is 20.4 Å². The fraction of sp³-hybridized carbons (Fsp3) is 0.150. The van der Waals surface area contributed by atoms with Crippen LogP contribution in [0.25, 0.3) is 11.1 Å². The van der Waals surface area contributed by atoms with Gasteiger partial charge in [0.05, 0.1) is 11.4 Å². The van der Waals surface area contributed by atoms with E-state index in [4.69, 9.17) is 0 Å². The molecule has 6 heteroatoms. The first-order chi connectivity index (χ1) is 12.5. The normalized spacial score (nSPS) is 10.5. The van der Waals surface area contributed by atoms with Crippen molar-refractivity contribution in [1.82, 2.24) is 9.97 Å². The van der Waals surface area contributed by atoms with E-state index in [1.54, 1.807) is 26.0 Å². The van der Waals surface area contributed by atoms with Crippen molar-refractivity contribution in [2.75, 3.05) is 5.32 Å². The zero-order valence-electron chi connectivity index (χ0n) is 14.5. The molecular weight excluding hydrogens is 330 g/mol. The molecule has 0 amide bonds. The Morgan fingerprint density at radius 1 is 0.962 bits per heavy atom. The molecule has 3 aromatic rings. The number of hydrogen-bond acceptors (Lipinski definition) is 5. The number of carboxylic acids is 1. The lowest BCUT2D eigenvalue weighted by Crippen LogP contribution is -2.11. The van der Waals surface area contributed by atoms with Gasteiger partial charge in [0.1, 0.15) is 11.3 Å². The topological polar surface area (TPSA) is 95.3 Å². The van der Waals surface area contributed by atoms with E-state index in [9.17, 15) is 15.0 Å². The van der Waals surface area contributed by atoms with Crippen LogP contribution in [0.4, 0.5) is 5.95 Å². The molecule has 3 N–H and O–H groups in total. The van der Waals surface area contributed by atoms with Crippen molar-refractivity contribution in [1.29, 1.82) is 0 Å². The second-order valence-corrected chi connectivity index (χ2v) is 5.93. The number of aryl methyl sites for hydroxylation is 2. The highest BCUT2D eigenvalue weighted by Crippen LogP contribution is 2.31. The molecule has 0 aliphatic heterocycles. The van der Waals surface area contributed by atoms with Crippen LogP contribution >= 0.6 is 0 Å². The van der Waals surface area contributed by atoms with Crippen molar-refractivity contribution in [3.05, 3.63) is 71.0 Å². The van der Waals surface area contributed by atoms with Gasteiger partial charge in [-0.1, -0.05) is 42.5 Å². The first kappa shape index (κ1) is 17.4. The number of para-hydroxylation sites is 1. The minimum atomic E-state index is -1.03. The standard InChI is InChI=1S/C20H19N3O3/c1-12-18(19(25)26)13(2)23-20(22-12)21-11-14-7-3-4-8-15(14)16-9-5-6-10-17(16)24/h3-10,24H,11H2,1-2H3,(H,25,26)(H,21,22,23). The number of carbonyl (C=O) groups is 1. The van der Waals surface area contributed by atoms with E-state index in [0.717, 1.165) is 16.7 Å². The molecule has 0 spiro atoms. The minimum Gasteiger partial charge on any atom is -0.507 e. The average Bonchev–Trinajstić information content (AvgIpc) is 2.60. The highest BCUT2D eigenvalue weighted by Gasteiger charge is 2.15. The van der Waals surface area contributed by atoms with Crippen molar-refractivity contribution >= 4 is 11.9 Å². The molecule has 1 aromatic heterocycles. The third-order valence-electron chi connectivity index (χ3n) is 4.13. The molecule has 0 unspecified atom stereocenters. The molecule has 132 valence electrons. The summed E-state index contributed by atoms with van der Waals surface area (Å²) in [6.07, 6.45) is 0. The van der Waals surface area contributed by atoms with Crippen LogP contribution in [-0.2, 0) is 6.54 Å². The lowest BCUT2D eigenvalue weighted by molar-refractivity contribution is 0.0694. The van der Waals surface area contributed by atoms with Gasteiger partial charge in [-0.2, -0.15) is 0 Å². The molecule has 0 atom stereocenters. The van der Waals surface area contributed by atoms with Crippen LogP contribution in [0.15, 0.2) is 48.5 Å². The minimum absolute atomic E-state index is 0.130. The fourth-order valence-electron chi connectivity index (χ4n) is 2.92. The molecule has 0 saturated heterocycles. The van der Waals surface area contributed by atoms with Gasteiger partial charge in [-0.25, -0.2) is 14.8 Å². The maximum atomic E-state index is 11.2. The molecular formula is C20H19N3O3. The molecule has 26 heavy (non-hydrogen) atoms. The van der Waals surface area contributed by atoms with E-state index in [1.165, 1.54) is 0 Å². The monoisotopic (exact) mass is 349 g/mol. The molecule has 1 heterocycles. The van der Waals surface area contributed by atoms with Gasteiger partial charge in [0.25, 0.3) is 0 Å². The van der Waals surface area contributed by atoms with Crippen LogP contribution in [-0.4, -0.2) is 26.2 Å². The van der Waals surface area contributed by atoms with E-state index >= 15 is 0 Å². The lowest BCUT2D eigenvalue weighted by Gasteiger charge is -2.13. The molecule has 0 aliphatic carbocycles. The number of nitrogens with zero attached hydrogens (tertiary/aromatic N) is 2. The summed E-state index contributed by atoms with van der Waals surface area (Å²) in [7, 11) is 0. The number of aromatic carboxylic acids is 1. The Kier molecular flexibility index (Phi) is 4.84. The molecule has 0 bridgehead atoms. The Hall–Kier alpha value is -3.41. The van der Waals surface area contributed by atoms with Crippen molar-refractivity contribution in [2.24, 2.45) is 0 Å². The Morgan fingerprint density at radius 2 is 1.54 bits per heavy atom. The number of anilines is 1. The quantitative estimate of drug-likeness (QED) is 0.649. The zero-order chi connectivity index (χ0) is 18.7. The summed E-state index contributed by atoms with van der Waals surface area (Å²) in [5.41, 5.74) is 3.59. The highest BCUT2D eigenvalue weighted by molar-refractivity contribution is 5.90. The van der Waals surface area contributed by atoms with Gasteiger partial charge >= 0.3 is 5.97 Å². The molecule has 0 saturated carbocycles. The van der Waals surface area contributed by atoms with E-state index in [1.807, 2.05) is 36.4 Å². The largest absolute Gasteiger partial charge is 0.507 e. The molecule has 2 aromatic carbocycles. The average molecular weight is 349 g/mol. The van der Waals surface area contributed by atoms with E-state index < -0.39 is 5.97 Å². The Labute approximate surface area is 151 Å². The maximum Gasteiger partial charge on any atom is 0.339 e. The number of phenolic OH excluding ortho intramolecular Hbond substituents is 1. The van der Waals surface area contributed by atoms with Gasteiger partial charge in [-0.05, 0) is 31.0 Å². The Bertz CT molecular complexity index is 947. The second kappa shape index (κ2) is 7.23. The maximum absolute atomic E-state index is 11.2. The molecule has 6 nitrogen and oxygen atoms in total.